The molecule has 1 aromatic carbocycles. The predicted octanol–water partition coefficient (Wildman–Crippen LogP) is 1.35. The van der Waals surface area contributed by atoms with Crippen molar-refractivity contribution in [3.05, 3.63) is 46.5 Å². The summed E-state index contributed by atoms with van der Waals surface area (Å²) in [7, 11) is 0. The quantitative estimate of drug-likeness (QED) is 0.503. The summed E-state index contributed by atoms with van der Waals surface area (Å²) < 4.78 is 5.24. The molecule has 0 atom stereocenters. The van der Waals surface area contributed by atoms with E-state index in [1.54, 1.807) is 18.2 Å². The van der Waals surface area contributed by atoms with Crippen LogP contribution in [0.3, 0.4) is 0 Å². The number of carbonyl (C=O) groups is 1. The number of anilines is 1. The molecule has 1 saturated heterocycles. The Kier molecular flexibility index (Phi) is 4.89. The van der Waals surface area contributed by atoms with E-state index in [0.717, 1.165) is 0 Å². The summed E-state index contributed by atoms with van der Waals surface area (Å²) in [6.45, 7) is 6.10. The molecule has 7 nitrogen and oxygen atoms in total. The number of nitrogens with one attached hydrogen (secondary N) is 1. The zero-order valence-corrected chi connectivity index (χ0v) is 11.6. The van der Waals surface area contributed by atoms with Gasteiger partial charge in [0, 0.05) is 31.3 Å². The van der Waals surface area contributed by atoms with Crippen molar-refractivity contribution in [3.8, 4) is 0 Å². The summed E-state index contributed by atoms with van der Waals surface area (Å²) in [5.41, 5.74) is 0.715. The third-order valence-electron chi connectivity index (χ3n) is 3.19. The van der Waals surface area contributed by atoms with Gasteiger partial charge in [0.1, 0.15) is 5.69 Å². The van der Waals surface area contributed by atoms with Gasteiger partial charge in [-0.25, -0.2) is 0 Å². The summed E-state index contributed by atoms with van der Waals surface area (Å²) in [5, 5.41) is 13.9. The van der Waals surface area contributed by atoms with Gasteiger partial charge >= 0.3 is 0 Å². The lowest BCUT2D eigenvalue weighted by atomic mass is 10.1. The van der Waals surface area contributed by atoms with Gasteiger partial charge in [0.15, 0.2) is 0 Å². The van der Waals surface area contributed by atoms with Crippen LogP contribution in [0.1, 0.15) is 10.4 Å². The molecular formula is C14H17N3O4. The zero-order valence-electron chi connectivity index (χ0n) is 11.6. The number of amides is 1. The molecule has 0 bridgehead atoms. The van der Waals surface area contributed by atoms with Crippen LogP contribution < -0.4 is 10.2 Å². The first-order valence-electron chi connectivity index (χ1n) is 6.63. The third kappa shape index (κ3) is 3.57. The topological polar surface area (TPSA) is 84.7 Å². The molecule has 1 aliphatic heterocycles. The minimum atomic E-state index is -0.463. The number of hydrogen-bond donors (Lipinski definition) is 1. The highest BCUT2D eigenvalue weighted by Gasteiger charge is 2.23. The molecule has 0 aliphatic carbocycles. The molecule has 1 N–H and O–H groups in total. The van der Waals surface area contributed by atoms with Crippen molar-refractivity contribution in [2.24, 2.45) is 0 Å². The fraction of sp³-hybridized carbons (Fsp3) is 0.357. The van der Waals surface area contributed by atoms with Gasteiger partial charge in [-0.1, -0.05) is 6.08 Å². The van der Waals surface area contributed by atoms with E-state index in [1.165, 1.54) is 6.07 Å². The fourth-order valence-electron chi connectivity index (χ4n) is 2.15. The van der Waals surface area contributed by atoms with Crippen molar-refractivity contribution in [2.45, 2.75) is 0 Å². The number of nitro groups is 1. The average Bonchev–Trinajstić information content (AvgIpc) is 2.52. The maximum absolute atomic E-state index is 11.9. The van der Waals surface area contributed by atoms with E-state index in [-0.39, 0.29) is 17.2 Å². The normalized spacial score (nSPS) is 14.6. The van der Waals surface area contributed by atoms with Gasteiger partial charge in [-0.05, 0) is 12.1 Å². The minimum Gasteiger partial charge on any atom is -0.378 e. The number of rotatable bonds is 5. The van der Waals surface area contributed by atoms with E-state index >= 15 is 0 Å². The summed E-state index contributed by atoms with van der Waals surface area (Å²) in [6.07, 6.45) is 1.55. The number of ether oxygens (including phenoxy) is 1. The Morgan fingerprint density at radius 2 is 2.19 bits per heavy atom. The molecule has 1 aromatic rings. The highest BCUT2D eigenvalue weighted by Crippen LogP contribution is 2.29. The Morgan fingerprint density at radius 1 is 1.48 bits per heavy atom. The number of nitrogens with zero attached hydrogens (tertiary/aromatic N) is 2. The van der Waals surface area contributed by atoms with Gasteiger partial charge in [0.25, 0.3) is 11.6 Å². The SMILES string of the molecule is C=CCNC(=O)c1ccc(N2CCOCC2)c([N+](=O)[O-])c1. The molecule has 2 rings (SSSR count). The van der Waals surface area contributed by atoms with E-state index in [2.05, 4.69) is 11.9 Å². The van der Waals surface area contributed by atoms with Gasteiger partial charge in [-0.2, -0.15) is 0 Å². The highest BCUT2D eigenvalue weighted by molar-refractivity contribution is 5.95. The molecule has 0 aromatic heterocycles. The first-order valence-corrected chi connectivity index (χ1v) is 6.63. The second-order valence-corrected chi connectivity index (χ2v) is 4.56. The lowest BCUT2D eigenvalue weighted by Gasteiger charge is -2.28. The second-order valence-electron chi connectivity index (χ2n) is 4.56. The smallest absolute Gasteiger partial charge is 0.293 e. The molecule has 1 amide bonds. The molecule has 0 radical (unpaired) electrons. The molecule has 0 spiro atoms. The summed E-state index contributed by atoms with van der Waals surface area (Å²) in [5.74, 6) is -0.355. The van der Waals surface area contributed by atoms with Crippen LogP contribution in [0.15, 0.2) is 30.9 Å². The fourth-order valence-corrected chi connectivity index (χ4v) is 2.15. The molecular weight excluding hydrogens is 274 g/mol. The van der Waals surface area contributed by atoms with Crippen LogP contribution >= 0.6 is 0 Å². The van der Waals surface area contributed by atoms with Crippen LogP contribution in [-0.2, 0) is 4.74 Å². The Hall–Kier alpha value is -2.41. The van der Waals surface area contributed by atoms with E-state index in [1.807, 2.05) is 4.90 Å². The zero-order chi connectivity index (χ0) is 15.2. The molecule has 21 heavy (non-hydrogen) atoms. The predicted molar refractivity (Wildman–Crippen MR) is 78.7 cm³/mol. The largest absolute Gasteiger partial charge is 0.378 e. The van der Waals surface area contributed by atoms with Gasteiger partial charge < -0.3 is 15.0 Å². The maximum atomic E-state index is 11.9. The number of carbonyl (C=O) groups excluding carboxylic acids is 1. The number of benzene rings is 1. The first-order chi connectivity index (χ1) is 10.1. The number of hydrogen-bond acceptors (Lipinski definition) is 5. The van der Waals surface area contributed by atoms with Gasteiger partial charge in [-0.3, -0.25) is 14.9 Å². The molecule has 112 valence electrons. The Bertz CT molecular complexity index is 553. The monoisotopic (exact) mass is 291 g/mol. The van der Waals surface area contributed by atoms with Crippen LogP contribution in [0, 0.1) is 10.1 Å². The van der Waals surface area contributed by atoms with E-state index in [9.17, 15) is 14.9 Å². The Balaban J connectivity index is 2.28. The lowest BCUT2D eigenvalue weighted by molar-refractivity contribution is -0.384. The molecule has 1 fully saturated rings. The van der Waals surface area contributed by atoms with Crippen LogP contribution in [0.2, 0.25) is 0 Å². The molecule has 0 unspecified atom stereocenters. The summed E-state index contributed by atoms with van der Waals surface area (Å²) in [6, 6.07) is 4.52. The Morgan fingerprint density at radius 3 is 2.81 bits per heavy atom. The van der Waals surface area contributed by atoms with Gasteiger partial charge in [0.2, 0.25) is 0 Å². The van der Waals surface area contributed by atoms with Crippen molar-refractivity contribution >= 4 is 17.3 Å². The number of morpholine rings is 1. The van der Waals surface area contributed by atoms with Gasteiger partial charge in [0.05, 0.1) is 18.1 Å². The molecule has 0 saturated carbocycles. The molecule has 7 heteroatoms. The average molecular weight is 291 g/mol. The standard InChI is InChI=1S/C14H17N3O4/c1-2-5-15-14(18)11-3-4-12(13(10-11)17(19)20)16-6-8-21-9-7-16/h2-4,10H,1,5-9H2,(H,15,18). The van der Waals surface area contributed by atoms with E-state index in [0.29, 0.717) is 38.5 Å². The Labute approximate surface area is 122 Å². The van der Waals surface area contributed by atoms with Crippen molar-refractivity contribution in [1.29, 1.82) is 0 Å². The molecule has 1 heterocycles. The second kappa shape index (κ2) is 6.85. The van der Waals surface area contributed by atoms with Crippen LogP contribution in [0.25, 0.3) is 0 Å². The van der Waals surface area contributed by atoms with Crippen LogP contribution in [-0.4, -0.2) is 43.7 Å². The summed E-state index contributed by atoms with van der Waals surface area (Å²) >= 11 is 0. The van der Waals surface area contributed by atoms with Crippen molar-refractivity contribution in [2.75, 3.05) is 37.7 Å². The minimum absolute atomic E-state index is 0.0665. The van der Waals surface area contributed by atoms with Crippen molar-refractivity contribution < 1.29 is 14.5 Å². The lowest BCUT2D eigenvalue weighted by Crippen LogP contribution is -2.36. The first kappa shape index (κ1) is 15.0. The summed E-state index contributed by atoms with van der Waals surface area (Å²) in [4.78, 5) is 24.5. The molecule has 1 aliphatic rings. The number of nitro benzene ring substituents is 1. The van der Waals surface area contributed by atoms with Crippen LogP contribution in [0.5, 0.6) is 0 Å². The maximum Gasteiger partial charge on any atom is 0.293 e. The van der Waals surface area contributed by atoms with Crippen molar-refractivity contribution in [3.63, 3.8) is 0 Å². The third-order valence-corrected chi connectivity index (χ3v) is 3.19. The van der Waals surface area contributed by atoms with Crippen LogP contribution in [0.4, 0.5) is 11.4 Å². The van der Waals surface area contributed by atoms with E-state index in [4.69, 9.17) is 4.74 Å². The van der Waals surface area contributed by atoms with E-state index < -0.39 is 4.92 Å². The highest BCUT2D eigenvalue weighted by atomic mass is 16.6. The van der Waals surface area contributed by atoms with Gasteiger partial charge in [-0.15, -0.1) is 6.58 Å². The van der Waals surface area contributed by atoms with Crippen molar-refractivity contribution in [1.82, 2.24) is 5.32 Å².